The normalized spacial score (nSPS) is 9.95. The number of nitrogens with one attached hydrogen (secondary N) is 1. The molecule has 5 nitrogen and oxygen atoms in total. The van der Waals surface area contributed by atoms with Crippen molar-refractivity contribution in [1.82, 2.24) is 5.48 Å². The molecule has 0 bridgehead atoms. The van der Waals surface area contributed by atoms with Crippen LogP contribution in [0, 0.1) is 0 Å². The number of ether oxygens (including phenoxy) is 2. The third-order valence-corrected chi connectivity index (χ3v) is 2.78. The fraction of sp³-hybridized carbons (Fsp3) is 0.188. The van der Waals surface area contributed by atoms with Crippen LogP contribution < -0.4 is 15.0 Å². The molecule has 21 heavy (non-hydrogen) atoms. The standard InChI is InChI=1S/C16H17NO4/c18-16(17-19)12-13-6-8-15(9-7-13)21-11-10-20-14-4-2-1-3-5-14/h1-9,19H,10-12H2,(H,17,18). The smallest absolute Gasteiger partial charge is 0.247 e. The number of hydroxylamine groups is 1. The van der Waals surface area contributed by atoms with E-state index in [1.807, 2.05) is 30.3 Å². The van der Waals surface area contributed by atoms with E-state index in [-0.39, 0.29) is 6.42 Å². The molecule has 2 rings (SSSR count). The molecule has 5 heteroatoms. The molecule has 1 amide bonds. The van der Waals surface area contributed by atoms with E-state index in [2.05, 4.69) is 0 Å². The first-order chi connectivity index (χ1) is 10.3. The van der Waals surface area contributed by atoms with Gasteiger partial charge in [0.2, 0.25) is 5.91 Å². The summed E-state index contributed by atoms with van der Waals surface area (Å²) in [5, 5.41) is 8.45. The molecule has 0 aromatic heterocycles. The van der Waals surface area contributed by atoms with Crippen molar-refractivity contribution in [3.63, 3.8) is 0 Å². The van der Waals surface area contributed by atoms with Crippen LogP contribution in [-0.4, -0.2) is 24.3 Å². The Hall–Kier alpha value is -2.53. The van der Waals surface area contributed by atoms with Crippen LogP contribution >= 0.6 is 0 Å². The van der Waals surface area contributed by atoms with Gasteiger partial charge in [-0.15, -0.1) is 0 Å². The lowest BCUT2D eigenvalue weighted by atomic mass is 10.1. The molecule has 2 aromatic rings. The number of hydrogen-bond donors (Lipinski definition) is 2. The first kappa shape index (κ1) is 14.9. The highest BCUT2D eigenvalue weighted by Gasteiger charge is 2.02. The number of carbonyl (C=O) groups is 1. The molecule has 0 atom stereocenters. The van der Waals surface area contributed by atoms with Gasteiger partial charge >= 0.3 is 0 Å². The number of rotatable bonds is 7. The first-order valence-electron chi connectivity index (χ1n) is 6.60. The fourth-order valence-electron chi connectivity index (χ4n) is 1.76. The second kappa shape index (κ2) is 7.91. The first-order valence-corrected chi connectivity index (χ1v) is 6.60. The van der Waals surface area contributed by atoms with Crippen molar-refractivity contribution < 1.29 is 19.5 Å². The average molecular weight is 287 g/mol. The molecule has 0 aliphatic carbocycles. The van der Waals surface area contributed by atoms with Gasteiger partial charge in [0.1, 0.15) is 24.7 Å². The molecule has 0 aliphatic rings. The Labute approximate surface area is 123 Å². The van der Waals surface area contributed by atoms with Crippen molar-refractivity contribution in [3.8, 4) is 11.5 Å². The maximum absolute atomic E-state index is 11.0. The molecule has 0 saturated heterocycles. The molecule has 0 unspecified atom stereocenters. The summed E-state index contributed by atoms with van der Waals surface area (Å²) < 4.78 is 11.1. The second-order valence-electron chi connectivity index (χ2n) is 4.37. The average Bonchev–Trinajstić information content (AvgIpc) is 2.54. The summed E-state index contributed by atoms with van der Waals surface area (Å²) in [4.78, 5) is 11.0. The number of para-hydroxylation sites is 1. The number of hydrogen-bond acceptors (Lipinski definition) is 4. The summed E-state index contributed by atoms with van der Waals surface area (Å²) in [5.74, 6) is 1.08. The van der Waals surface area contributed by atoms with E-state index >= 15 is 0 Å². The monoisotopic (exact) mass is 287 g/mol. The fourth-order valence-corrected chi connectivity index (χ4v) is 1.76. The van der Waals surface area contributed by atoms with Crippen LogP contribution in [0.1, 0.15) is 5.56 Å². The number of benzene rings is 2. The lowest BCUT2D eigenvalue weighted by Gasteiger charge is -2.08. The highest BCUT2D eigenvalue weighted by atomic mass is 16.5. The maximum atomic E-state index is 11.0. The van der Waals surface area contributed by atoms with Crippen LogP contribution in [0.15, 0.2) is 54.6 Å². The summed E-state index contributed by atoms with van der Waals surface area (Å²) in [7, 11) is 0. The third-order valence-electron chi connectivity index (χ3n) is 2.78. The highest BCUT2D eigenvalue weighted by molar-refractivity contribution is 5.77. The van der Waals surface area contributed by atoms with E-state index in [1.165, 1.54) is 0 Å². The Bertz CT molecular complexity index is 554. The minimum absolute atomic E-state index is 0.133. The predicted octanol–water partition coefficient (Wildman–Crippen LogP) is 2.19. The van der Waals surface area contributed by atoms with Crippen molar-refractivity contribution in [2.45, 2.75) is 6.42 Å². The van der Waals surface area contributed by atoms with Gasteiger partial charge in [-0.25, -0.2) is 5.48 Å². The maximum Gasteiger partial charge on any atom is 0.247 e. The molecule has 0 spiro atoms. The SMILES string of the molecule is O=C(Cc1ccc(OCCOc2ccccc2)cc1)NO. The third kappa shape index (κ3) is 5.16. The van der Waals surface area contributed by atoms with Gasteiger partial charge < -0.3 is 9.47 Å². The van der Waals surface area contributed by atoms with Gasteiger partial charge in [0.15, 0.2) is 0 Å². The zero-order chi connectivity index (χ0) is 14.9. The number of amides is 1. The second-order valence-corrected chi connectivity index (χ2v) is 4.37. The van der Waals surface area contributed by atoms with E-state index in [0.29, 0.717) is 19.0 Å². The molecule has 0 radical (unpaired) electrons. The molecule has 0 aliphatic heterocycles. The molecular formula is C16H17NO4. The van der Waals surface area contributed by atoms with E-state index < -0.39 is 5.91 Å². The summed E-state index contributed by atoms with van der Waals surface area (Å²) in [6, 6.07) is 16.7. The van der Waals surface area contributed by atoms with Crippen LogP contribution in [-0.2, 0) is 11.2 Å². The predicted molar refractivity (Wildman–Crippen MR) is 77.5 cm³/mol. The van der Waals surface area contributed by atoms with Crippen LogP contribution in [0.5, 0.6) is 11.5 Å². The van der Waals surface area contributed by atoms with E-state index in [9.17, 15) is 4.79 Å². The van der Waals surface area contributed by atoms with Gasteiger partial charge in [0.25, 0.3) is 0 Å². The molecule has 0 fully saturated rings. The molecule has 110 valence electrons. The van der Waals surface area contributed by atoms with Crippen molar-refractivity contribution in [2.24, 2.45) is 0 Å². The summed E-state index contributed by atoms with van der Waals surface area (Å²) >= 11 is 0. The highest BCUT2D eigenvalue weighted by Crippen LogP contribution is 2.13. The number of carbonyl (C=O) groups excluding carboxylic acids is 1. The molecular weight excluding hydrogens is 270 g/mol. The Balaban J connectivity index is 1.72. The molecule has 0 saturated carbocycles. The topological polar surface area (TPSA) is 67.8 Å². The van der Waals surface area contributed by atoms with E-state index in [4.69, 9.17) is 14.7 Å². The van der Waals surface area contributed by atoms with Crippen LogP contribution in [0.25, 0.3) is 0 Å². The van der Waals surface area contributed by atoms with E-state index in [1.54, 1.807) is 29.7 Å². The minimum atomic E-state index is -0.445. The molecule has 0 heterocycles. The minimum Gasteiger partial charge on any atom is -0.490 e. The summed E-state index contributed by atoms with van der Waals surface area (Å²) in [6.45, 7) is 0.893. The molecule has 2 aromatic carbocycles. The lowest BCUT2D eigenvalue weighted by Crippen LogP contribution is -2.20. The van der Waals surface area contributed by atoms with Crippen molar-refractivity contribution in [3.05, 3.63) is 60.2 Å². The summed E-state index contributed by atoms with van der Waals surface area (Å²) in [6.07, 6.45) is 0.133. The van der Waals surface area contributed by atoms with Crippen molar-refractivity contribution in [2.75, 3.05) is 13.2 Å². The van der Waals surface area contributed by atoms with Gasteiger partial charge in [-0.3, -0.25) is 10.0 Å². The van der Waals surface area contributed by atoms with Gasteiger partial charge in [-0.05, 0) is 29.8 Å². The van der Waals surface area contributed by atoms with Gasteiger partial charge in [-0.2, -0.15) is 0 Å². The Morgan fingerprint density at radius 1 is 0.905 bits per heavy atom. The Morgan fingerprint density at radius 3 is 2.05 bits per heavy atom. The van der Waals surface area contributed by atoms with E-state index in [0.717, 1.165) is 11.3 Å². The molecule has 2 N–H and O–H groups in total. The summed E-state index contributed by atoms with van der Waals surface area (Å²) in [5.41, 5.74) is 2.40. The van der Waals surface area contributed by atoms with Gasteiger partial charge in [-0.1, -0.05) is 30.3 Å². The van der Waals surface area contributed by atoms with Crippen LogP contribution in [0.2, 0.25) is 0 Å². The van der Waals surface area contributed by atoms with Crippen molar-refractivity contribution >= 4 is 5.91 Å². The van der Waals surface area contributed by atoms with Crippen molar-refractivity contribution in [1.29, 1.82) is 0 Å². The van der Waals surface area contributed by atoms with Gasteiger partial charge in [0.05, 0.1) is 6.42 Å². The van der Waals surface area contributed by atoms with Crippen LogP contribution in [0.3, 0.4) is 0 Å². The zero-order valence-corrected chi connectivity index (χ0v) is 11.5. The largest absolute Gasteiger partial charge is 0.490 e. The quantitative estimate of drug-likeness (QED) is 0.465. The van der Waals surface area contributed by atoms with Gasteiger partial charge in [0, 0.05) is 0 Å². The zero-order valence-electron chi connectivity index (χ0n) is 11.5. The lowest BCUT2D eigenvalue weighted by molar-refractivity contribution is -0.128. The Morgan fingerprint density at radius 2 is 1.48 bits per heavy atom. The van der Waals surface area contributed by atoms with Crippen LogP contribution in [0.4, 0.5) is 0 Å². The Kier molecular flexibility index (Phi) is 5.60.